The first-order chi connectivity index (χ1) is 10.2. The van der Waals surface area contributed by atoms with E-state index in [-0.39, 0.29) is 5.91 Å². The van der Waals surface area contributed by atoms with Crippen LogP contribution in [0.25, 0.3) is 0 Å². The fraction of sp³-hybridized carbons (Fsp3) is 0.611. The summed E-state index contributed by atoms with van der Waals surface area (Å²) in [6, 6.07) is 8.20. The number of amides is 1. The number of carbonyl (C=O) groups excluding carboxylic acids is 1. The van der Waals surface area contributed by atoms with Crippen LogP contribution in [0.2, 0.25) is 0 Å². The molecule has 2 rings (SSSR count). The molecule has 3 heteroatoms. The van der Waals surface area contributed by atoms with E-state index >= 15 is 0 Å². The molecule has 116 valence electrons. The van der Waals surface area contributed by atoms with E-state index in [0.29, 0.717) is 25.4 Å². The highest BCUT2D eigenvalue weighted by atomic mass is 16.2. The lowest BCUT2D eigenvalue weighted by molar-refractivity contribution is -0.131. The molecule has 0 bridgehead atoms. The number of hydrogen-bond acceptors (Lipinski definition) is 2. The molecule has 1 aromatic carbocycles. The Hall–Kier alpha value is -1.35. The molecule has 3 nitrogen and oxygen atoms in total. The standard InChI is InChI=1S/C18H28N2O/c1-20(14-17-10-6-9-16(11-17)13-19)18(21)12-15-7-4-2-3-5-8-15/h6,9-11,15H,2-5,7-8,12-14,19H2,1H3. The Labute approximate surface area is 128 Å². The van der Waals surface area contributed by atoms with Crippen LogP contribution in [0.15, 0.2) is 24.3 Å². The van der Waals surface area contributed by atoms with Crippen LogP contribution in [0, 0.1) is 5.92 Å². The van der Waals surface area contributed by atoms with Crippen LogP contribution in [0.3, 0.4) is 0 Å². The smallest absolute Gasteiger partial charge is 0.222 e. The molecule has 0 aromatic heterocycles. The predicted molar refractivity (Wildman–Crippen MR) is 86.6 cm³/mol. The van der Waals surface area contributed by atoms with Crippen molar-refractivity contribution in [2.24, 2.45) is 11.7 Å². The van der Waals surface area contributed by atoms with Crippen molar-refractivity contribution in [1.82, 2.24) is 4.90 Å². The van der Waals surface area contributed by atoms with Gasteiger partial charge >= 0.3 is 0 Å². The lowest BCUT2D eigenvalue weighted by Gasteiger charge is -2.21. The van der Waals surface area contributed by atoms with E-state index in [9.17, 15) is 4.79 Å². The lowest BCUT2D eigenvalue weighted by atomic mass is 9.96. The Bertz CT molecular complexity index is 450. The van der Waals surface area contributed by atoms with Gasteiger partial charge in [-0.1, -0.05) is 49.9 Å². The lowest BCUT2D eigenvalue weighted by Crippen LogP contribution is -2.28. The van der Waals surface area contributed by atoms with Crippen molar-refractivity contribution >= 4 is 5.91 Å². The van der Waals surface area contributed by atoms with Gasteiger partial charge in [0.25, 0.3) is 0 Å². The van der Waals surface area contributed by atoms with Crippen LogP contribution in [0.1, 0.15) is 56.1 Å². The number of benzene rings is 1. The fourth-order valence-corrected chi connectivity index (χ4v) is 3.19. The molecule has 1 amide bonds. The summed E-state index contributed by atoms with van der Waals surface area (Å²) in [5, 5.41) is 0. The van der Waals surface area contributed by atoms with Crippen LogP contribution >= 0.6 is 0 Å². The SMILES string of the molecule is CN(Cc1cccc(CN)c1)C(=O)CC1CCCCCC1. The van der Waals surface area contributed by atoms with Gasteiger partial charge in [0.05, 0.1) is 0 Å². The molecular weight excluding hydrogens is 260 g/mol. The van der Waals surface area contributed by atoms with Crippen LogP contribution < -0.4 is 5.73 Å². The van der Waals surface area contributed by atoms with Crippen LogP contribution in [-0.2, 0) is 17.9 Å². The number of nitrogens with two attached hydrogens (primary N) is 1. The van der Waals surface area contributed by atoms with Gasteiger partial charge in [-0.2, -0.15) is 0 Å². The summed E-state index contributed by atoms with van der Waals surface area (Å²) < 4.78 is 0. The third-order valence-electron chi connectivity index (χ3n) is 4.51. The quantitative estimate of drug-likeness (QED) is 0.843. The van der Waals surface area contributed by atoms with Gasteiger partial charge in [-0.25, -0.2) is 0 Å². The Morgan fingerprint density at radius 3 is 2.52 bits per heavy atom. The van der Waals surface area contributed by atoms with E-state index < -0.39 is 0 Å². The minimum absolute atomic E-state index is 0.278. The second-order valence-corrected chi connectivity index (χ2v) is 6.34. The number of rotatable bonds is 5. The molecule has 21 heavy (non-hydrogen) atoms. The van der Waals surface area contributed by atoms with Gasteiger partial charge < -0.3 is 10.6 Å². The molecule has 0 heterocycles. The summed E-state index contributed by atoms with van der Waals surface area (Å²) in [6.07, 6.45) is 8.43. The topological polar surface area (TPSA) is 46.3 Å². The summed E-state index contributed by atoms with van der Waals surface area (Å²) in [7, 11) is 1.91. The third-order valence-corrected chi connectivity index (χ3v) is 4.51. The summed E-state index contributed by atoms with van der Waals surface area (Å²) in [4.78, 5) is 14.2. The van der Waals surface area contributed by atoms with Gasteiger partial charge in [0.15, 0.2) is 0 Å². The summed E-state index contributed by atoms with van der Waals surface area (Å²) in [5.41, 5.74) is 7.95. The van der Waals surface area contributed by atoms with Gasteiger partial charge in [-0.05, 0) is 29.9 Å². The first-order valence-corrected chi connectivity index (χ1v) is 8.21. The van der Waals surface area contributed by atoms with Crippen LogP contribution in [0.5, 0.6) is 0 Å². The third kappa shape index (κ3) is 5.16. The first-order valence-electron chi connectivity index (χ1n) is 8.21. The molecule has 0 atom stereocenters. The highest BCUT2D eigenvalue weighted by Crippen LogP contribution is 2.26. The number of hydrogen-bond donors (Lipinski definition) is 1. The largest absolute Gasteiger partial charge is 0.341 e. The molecule has 0 radical (unpaired) electrons. The fourth-order valence-electron chi connectivity index (χ4n) is 3.19. The molecular formula is C18H28N2O. The first kappa shape index (κ1) is 16.0. The predicted octanol–water partition coefficient (Wildman–Crippen LogP) is 3.46. The molecule has 0 spiro atoms. The molecule has 1 saturated carbocycles. The normalized spacial score (nSPS) is 16.5. The maximum Gasteiger partial charge on any atom is 0.222 e. The van der Waals surface area contributed by atoms with E-state index in [2.05, 4.69) is 12.1 Å². The molecule has 1 fully saturated rings. The zero-order valence-corrected chi connectivity index (χ0v) is 13.2. The van der Waals surface area contributed by atoms with E-state index in [1.807, 2.05) is 24.1 Å². The van der Waals surface area contributed by atoms with Crippen molar-refractivity contribution in [3.8, 4) is 0 Å². The highest BCUT2D eigenvalue weighted by Gasteiger charge is 2.18. The van der Waals surface area contributed by atoms with Crippen molar-refractivity contribution in [1.29, 1.82) is 0 Å². The highest BCUT2D eigenvalue weighted by molar-refractivity contribution is 5.76. The van der Waals surface area contributed by atoms with Crippen molar-refractivity contribution in [3.63, 3.8) is 0 Å². The van der Waals surface area contributed by atoms with Crippen molar-refractivity contribution in [2.45, 2.75) is 58.0 Å². The van der Waals surface area contributed by atoms with Crippen LogP contribution in [-0.4, -0.2) is 17.9 Å². The Morgan fingerprint density at radius 2 is 1.86 bits per heavy atom. The van der Waals surface area contributed by atoms with Crippen molar-refractivity contribution < 1.29 is 4.79 Å². The summed E-state index contributed by atoms with van der Waals surface area (Å²) >= 11 is 0. The van der Waals surface area contributed by atoms with Gasteiger partial charge in [0.1, 0.15) is 0 Å². The zero-order valence-electron chi connectivity index (χ0n) is 13.2. The zero-order chi connectivity index (χ0) is 15.1. The Kier molecular flexibility index (Phi) is 6.24. The molecule has 1 aliphatic rings. The van der Waals surface area contributed by atoms with E-state index in [4.69, 9.17) is 5.73 Å². The summed E-state index contributed by atoms with van der Waals surface area (Å²) in [6.45, 7) is 1.23. The Balaban J connectivity index is 1.86. The van der Waals surface area contributed by atoms with E-state index in [1.54, 1.807) is 0 Å². The second kappa shape index (κ2) is 8.18. The van der Waals surface area contributed by atoms with Crippen molar-refractivity contribution in [2.75, 3.05) is 7.05 Å². The maximum atomic E-state index is 12.4. The van der Waals surface area contributed by atoms with Crippen molar-refractivity contribution in [3.05, 3.63) is 35.4 Å². The van der Waals surface area contributed by atoms with Gasteiger partial charge in [-0.3, -0.25) is 4.79 Å². The molecule has 0 saturated heterocycles. The van der Waals surface area contributed by atoms with Gasteiger partial charge in [0.2, 0.25) is 5.91 Å². The maximum absolute atomic E-state index is 12.4. The minimum Gasteiger partial charge on any atom is -0.341 e. The van der Waals surface area contributed by atoms with Crippen LogP contribution in [0.4, 0.5) is 0 Å². The number of carbonyl (C=O) groups is 1. The molecule has 1 aromatic rings. The monoisotopic (exact) mass is 288 g/mol. The second-order valence-electron chi connectivity index (χ2n) is 6.34. The average molecular weight is 288 g/mol. The molecule has 1 aliphatic carbocycles. The average Bonchev–Trinajstić information content (AvgIpc) is 2.76. The summed E-state index contributed by atoms with van der Waals surface area (Å²) in [5.74, 6) is 0.873. The Morgan fingerprint density at radius 1 is 1.19 bits per heavy atom. The molecule has 0 aliphatic heterocycles. The number of nitrogens with zero attached hydrogens (tertiary/aromatic N) is 1. The van der Waals surface area contributed by atoms with E-state index in [1.165, 1.54) is 38.5 Å². The molecule has 0 unspecified atom stereocenters. The molecule has 2 N–H and O–H groups in total. The van der Waals surface area contributed by atoms with Gasteiger partial charge in [-0.15, -0.1) is 0 Å². The van der Waals surface area contributed by atoms with E-state index in [0.717, 1.165) is 11.1 Å². The van der Waals surface area contributed by atoms with Gasteiger partial charge in [0, 0.05) is 26.6 Å². The minimum atomic E-state index is 0.278.